The Balaban J connectivity index is 3.58. The summed E-state index contributed by atoms with van der Waals surface area (Å²) in [5, 5.41) is 6.34. The second-order valence-electron chi connectivity index (χ2n) is 3.18. The molecule has 0 aromatic heterocycles. The molecule has 0 radical (unpaired) electrons. The molecule has 0 aliphatic heterocycles. The quantitative estimate of drug-likeness (QED) is 0.470. The van der Waals surface area contributed by atoms with Crippen molar-refractivity contribution in [1.29, 1.82) is 0 Å². The fraction of sp³-hybridized carbons (Fsp3) is 0.700. The van der Waals surface area contributed by atoms with Gasteiger partial charge in [-0.25, -0.2) is 0 Å². The second-order valence-corrected chi connectivity index (χ2v) is 3.18. The van der Waals surface area contributed by atoms with E-state index in [-0.39, 0.29) is 0 Å². The summed E-state index contributed by atoms with van der Waals surface area (Å²) in [4.78, 5) is 3.83. The molecule has 0 amide bonds. The van der Waals surface area contributed by atoms with Crippen LogP contribution >= 0.6 is 0 Å². The van der Waals surface area contributed by atoms with E-state index in [0.29, 0.717) is 6.04 Å². The monoisotopic (exact) mass is 199 g/mol. The van der Waals surface area contributed by atoms with E-state index in [9.17, 15) is 0 Å². The third kappa shape index (κ3) is 7.76. The van der Waals surface area contributed by atoms with E-state index in [4.69, 9.17) is 4.74 Å². The SMILES string of the molecule is CN=CN/C(C)=C\CN[C@H](C)COC. The maximum atomic E-state index is 5.01. The molecular formula is C10H21N3O. The highest BCUT2D eigenvalue weighted by molar-refractivity contribution is 5.56. The number of hydrogen-bond acceptors (Lipinski definition) is 3. The molecule has 0 saturated heterocycles. The number of methoxy groups -OCH3 is 1. The van der Waals surface area contributed by atoms with Crippen molar-refractivity contribution in [3.8, 4) is 0 Å². The fourth-order valence-corrected chi connectivity index (χ4v) is 0.947. The van der Waals surface area contributed by atoms with Crippen molar-refractivity contribution in [3.05, 3.63) is 11.8 Å². The first-order valence-electron chi connectivity index (χ1n) is 4.77. The number of rotatable bonds is 7. The predicted molar refractivity (Wildman–Crippen MR) is 60.6 cm³/mol. The Bertz CT molecular complexity index is 190. The molecule has 0 fully saturated rings. The van der Waals surface area contributed by atoms with Gasteiger partial charge in [-0.05, 0) is 13.8 Å². The number of aliphatic imine (C=N–C) groups is 1. The molecule has 0 aromatic carbocycles. The van der Waals surface area contributed by atoms with Crippen LogP contribution in [0.3, 0.4) is 0 Å². The largest absolute Gasteiger partial charge is 0.383 e. The Morgan fingerprint density at radius 2 is 2.29 bits per heavy atom. The van der Waals surface area contributed by atoms with E-state index in [1.165, 1.54) is 0 Å². The fourth-order valence-electron chi connectivity index (χ4n) is 0.947. The topological polar surface area (TPSA) is 45.7 Å². The van der Waals surface area contributed by atoms with Crippen LogP contribution in [-0.4, -0.2) is 39.7 Å². The predicted octanol–water partition coefficient (Wildman–Crippen LogP) is 0.762. The van der Waals surface area contributed by atoms with Gasteiger partial charge in [0.1, 0.15) is 0 Å². The van der Waals surface area contributed by atoms with E-state index >= 15 is 0 Å². The van der Waals surface area contributed by atoms with Gasteiger partial charge >= 0.3 is 0 Å². The molecule has 0 bridgehead atoms. The normalized spacial score (nSPS) is 14.7. The maximum absolute atomic E-state index is 5.01. The van der Waals surface area contributed by atoms with Crippen LogP contribution in [0.1, 0.15) is 13.8 Å². The first kappa shape index (κ1) is 13.1. The standard InChI is InChI=1S/C10H21N3O/c1-9(13-8-11-3)5-6-12-10(2)7-14-4/h5,8,10,12H,6-7H2,1-4H3,(H,11,13)/b9-5-/t10-/m1/s1. The van der Waals surface area contributed by atoms with E-state index in [1.807, 2.05) is 6.92 Å². The highest BCUT2D eigenvalue weighted by atomic mass is 16.5. The summed E-state index contributed by atoms with van der Waals surface area (Å²) < 4.78 is 5.01. The summed E-state index contributed by atoms with van der Waals surface area (Å²) >= 11 is 0. The van der Waals surface area contributed by atoms with E-state index in [2.05, 4.69) is 28.6 Å². The minimum absolute atomic E-state index is 0.379. The lowest BCUT2D eigenvalue weighted by Crippen LogP contribution is -2.30. The van der Waals surface area contributed by atoms with Gasteiger partial charge in [-0.3, -0.25) is 4.99 Å². The van der Waals surface area contributed by atoms with Gasteiger partial charge in [-0.2, -0.15) is 0 Å². The van der Waals surface area contributed by atoms with E-state index in [1.54, 1.807) is 20.5 Å². The zero-order valence-corrected chi connectivity index (χ0v) is 9.50. The van der Waals surface area contributed by atoms with Crippen LogP contribution in [-0.2, 0) is 4.74 Å². The summed E-state index contributed by atoms with van der Waals surface area (Å²) in [5.41, 5.74) is 1.09. The van der Waals surface area contributed by atoms with E-state index in [0.717, 1.165) is 18.8 Å². The van der Waals surface area contributed by atoms with Crippen molar-refractivity contribution in [2.45, 2.75) is 19.9 Å². The average molecular weight is 199 g/mol. The van der Waals surface area contributed by atoms with Crippen LogP contribution in [0.4, 0.5) is 0 Å². The van der Waals surface area contributed by atoms with Gasteiger partial charge in [0, 0.05) is 32.4 Å². The second kappa shape index (κ2) is 8.72. The van der Waals surface area contributed by atoms with Gasteiger partial charge in [-0.1, -0.05) is 6.08 Å². The number of nitrogens with zero attached hydrogens (tertiary/aromatic N) is 1. The van der Waals surface area contributed by atoms with Gasteiger partial charge in [0.05, 0.1) is 12.9 Å². The molecule has 0 aliphatic carbocycles. The van der Waals surface area contributed by atoms with Gasteiger partial charge in [0.15, 0.2) is 0 Å². The number of allylic oxidation sites excluding steroid dienone is 1. The first-order chi connectivity index (χ1) is 6.70. The Morgan fingerprint density at radius 1 is 1.57 bits per heavy atom. The summed E-state index contributed by atoms with van der Waals surface area (Å²) in [5.74, 6) is 0. The highest BCUT2D eigenvalue weighted by Gasteiger charge is 1.96. The van der Waals surface area contributed by atoms with Crippen LogP contribution in [0.2, 0.25) is 0 Å². The molecule has 0 saturated carbocycles. The number of hydrogen-bond donors (Lipinski definition) is 2. The van der Waals surface area contributed by atoms with Crippen LogP contribution < -0.4 is 10.6 Å². The molecule has 0 unspecified atom stereocenters. The van der Waals surface area contributed by atoms with Crippen molar-refractivity contribution in [2.75, 3.05) is 27.3 Å². The summed E-state index contributed by atoms with van der Waals surface area (Å²) in [6.45, 7) is 5.66. The molecule has 14 heavy (non-hydrogen) atoms. The molecule has 2 N–H and O–H groups in total. The highest BCUT2D eigenvalue weighted by Crippen LogP contribution is 1.85. The zero-order chi connectivity index (χ0) is 10.8. The van der Waals surface area contributed by atoms with Crippen molar-refractivity contribution < 1.29 is 4.74 Å². The van der Waals surface area contributed by atoms with Gasteiger partial charge in [0.25, 0.3) is 0 Å². The van der Waals surface area contributed by atoms with Crippen LogP contribution in [0, 0.1) is 0 Å². The van der Waals surface area contributed by atoms with Gasteiger partial charge < -0.3 is 15.4 Å². The number of ether oxygens (including phenoxy) is 1. The lowest BCUT2D eigenvalue weighted by atomic mass is 10.3. The molecule has 0 spiro atoms. The number of nitrogens with one attached hydrogen (secondary N) is 2. The molecule has 1 atom stereocenters. The van der Waals surface area contributed by atoms with Crippen molar-refractivity contribution >= 4 is 6.34 Å². The molecule has 4 nitrogen and oxygen atoms in total. The molecular weight excluding hydrogens is 178 g/mol. The van der Waals surface area contributed by atoms with Crippen molar-refractivity contribution in [3.63, 3.8) is 0 Å². The minimum atomic E-state index is 0.379. The minimum Gasteiger partial charge on any atom is -0.383 e. The van der Waals surface area contributed by atoms with Crippen LogP contribution in [0.5, 0.6) is 0 Å². The lowest BCUT2D eigenvalue weighted by Gasteiger charge is -2.10. The molecule has 0 aliphatic rings. The molecule has 0 aromatic rings. The van der Waals surface area contributed by atoms with Crippen LogP contribution in [0.25, 0.3) is 0 Å². The van der Waals surface area contributed by atoms with Crippen LogP contribution in [0.15, 0.2) is 16.8 Å². The maximum Gasteiger partial charge on any atom is 0.0861 e. The summed E-state index contributed by atoms with van der Waals surface area (Å²) in [6, 6.07) is 0.379. The summed E-state index contributed by atoms with van der Waals surface area (Å²) in [7, 11) is 3.44. The van der Waals surface area contributed by atoms with Gasteiger partial charge in [0.2, 0.25) is 0 Å². The molecule has 4 heteroatoms. The Kier molecular flexibility index (Phi) is 8.17. The third-order valence-electron chi connectivity index (χ3n) is 1.71. The first-order valence-corrected chi connectivity index (χ1v) is 4.77. The van der Waals surface area contributed by atoms with Crippen molar-refractivity contribution in [1.82, 2.24) is 10.6 Å². The zero-order valence-electron chi connectivity index (χ0n) is 9.50. The smallest absolute Gasteiger partial charge is 0.0861 e. The Hall–Kier alpha value is -0.870. The Morgan fingerprint density at radius 3 is 2.86 bits per heavy atom. The molecule has 82 valence electrons. The third-order valence-corrected chi connectivity index (χ3v) is 1.71. The molecule has 0 rings (SSSR count). The summed E-state index contributed by atoms with van der Waals surface area (Å²) in [6.07, 6.45) is 3.75. The Labute approximate surface area is 86.4 Å². The molecule has 0 heterocycles. The van der Waals surface area contributed by atoms with Gasteiger partial charge in [-0.15, -0.1) is 0 Å². The average Bonchev–Trinajstić information content (AvgIpc) is 2.15. The van der Waals surface area contributed by atoms with Crippen molar-refractivity contribution in [2.24, 2.45) is 4.99 Å². The van der Waals surface area contributed by atoms with E-state index < -0.39 is 0 Å². The lowest BCUT2D eigenvalue weighted by molar-refractivity contribution is 0.174.